The Balaban J connectivity index is 2.35. The van der Waals surface area contributed by atoms with Crippen molar-refractivity contribution in [1.82, 2.24) is 0 Å². The van der Waals surface area contributed by atoms with Gasteiger partial charge in [-0.15, -0.1) is 0 Å². The van der Waals surface area contributed by atoms with Crippen molar-refractivity contribution in [3.8, 4) is 0 Å². The lowest BCUT2D eigenvalue weighted by Gasteiger charge is -2.10. The number of benzene rings is 2. The van der Waals surface area contributed by atoms with Crippen LogP contribution in [-0.2, 0) is 10.2 Å². The molecular formula is C16H13BrF3NO. The van der Waals surface area contributed by atoms with Crippen molar-refractivity contribution < 1.29 is 18.0 Å². The van der Waals surface area contributed by atoms with Gasteiger partial charge in [0.05, 0.1) is 0 Å². The monoisotopic (exact) mass is 371 g/mol. The molecule has 0 aliphatic heterocycles. The molecular weight excluding hydrogens is 359 g/mol. The molecule has 22 heavy (non-hydrogen) atoms. The molecule has 0 heterocycles. The topological polar surface area (TPSA) is 21.6 Å². The standard InChI is InChI=1S/C16H13BrF3NO/c17-10-12-5-4-8-14(9-12)15(13-6-2-1-3-7-13)21-22-11-16(18,19)20/h1-9H,10-11H2/b21-15+. The second-order valence-corrected chi connectivity index (χ2v) is 5.09. The molecule has 2 nitrogen and oxygen atoms in total. The van der Waals surface area contributed by atoms with E-state index in [0.29, 0.717) is 22.2 Å². The van der Waals surface area contributed by atoms with Crippen LogP contribution in [-0.4, -0.2) is 18.5 Å². The zero-order valence-electron chi connectivity index (χ0n) is 11.5. The number of alkyl halides is 4. The SMILES string of the molecule is FC(F)(F)CO/N=C(\c1ccccc1)c1cccc(CBr)c1. The Morgan fingerprint density at radius 1 is 1.00 bits per heavy atom. The first kappa shape index (κ1) is 16.5. The number of hydrogen-bond acceptors (Lipinski definition) is 2. The highest BCUT2D eigenvalue weighted by molar-refractivity contribution is 9.08. The van der Waals surface area contributed by atoms with Gasteiger partial charge in [-0.3, -0.25) is 0 Å². The van der Waals surface area contributed by atoms with Gasteiger partial charge in [-0.05, 0) is 11.6 Å². The maximum absolute atomic E-state index is 12.2. The van der Waals surface area contributed by atoms with Gasteiger partial charge in [0.1, 0.15) is 5.71 Å². The van der Waals surface area contributed by atoms with Crippen molar-refractivity contribution in [1.29, 1.82) is 0 Å². The average Bonchev–Trinajstić information content (AvgIpc) is 2.51. The van der Waals surface area contributed by atoms with E-state index in [4.69, 9.17) is 0 Å². The maximum atomic E-state index is 12.2. The van der Waals surface area contributed by atoms with Crippen molar-refractivity contribution in [2.45, 2.75) is 11.5 Å². The summed E-state index contributed by atoms with van der Waals surface area (Å²) >= 11 is 3.36. The number of rotatable bonds is 5. The molecule has 2 aromatic carbocycles. The van der Waals surface area contributed by atoms with Crippen molar-refractivity contribution >= 4 is 21.6 Å². The third-order valence-corrected chi connectivity index (χ3v) is 3.43. The molecule has 0 spiro atoms. The second kappa shape index (κ2) is 7.45. The smallest absolute Gasteiger partial charge is 0.386 e. The Kier molecular flexibility index (Phi) is 5.60. The van der Waals surface area contributed by atoms with Crippen LogP contribution < -0.4 is 0 Å². The van der Waals surface area contributed by atoms with Crippen LogP contribution in [0.15, 0.2) is 59.8 Å². The molecule has 0 unspecified atom stereocenters. The van der Waals surface area contributed by atoms with Crippen LogP contribution in [0.4, 0.5) is 13.2 Å². The molecule has 0 aliphatic carbocycles. The van der Waals surface area contributed by atoms with Crippen molar-refractivity contribution in [2.24, 2.45) is 5.16 Å². The Hall–Kier alpha value is -1.82. The summed E-state index contributed by atoms with van der Waals surface area (Å²) < 4.78 is 36.7. The number of halogens is 4. The van der Waals surface area contributed by atoms with Gasteiger partial charge in [0.15, 0.2) is 0 Å². The van der Waals surface area contributed by atoms with E-state index in [1.54, 1.807) is 30.3 Å². The molecule has 0 fully saturated rings. The Morgan fingerprint density at radius 2 is 1.68 bits per heavy atom. The van der Waals surface area contributed by atoms with E-state index in [1.807, 2.05) is 24.3 Å². The molecule has 2 aromatic rings. The van der Waals surface area contributed by atoms with E-state index in [-0.39, 0.29) is 0 Å². The van der Waals surface area contributed by atoms with Crippen LogP contribution in [0.3, 0.4) is 0 Å². The van der Waals surface area contributed by atoms with Crippen LogP contribution in [0.25, 0.3) is 0 Å². The van der Waals surface area contributed by atoms with Gasteiger partial charge in [-0.25, -0.2) is 0 Å². The second-order valence-electron chi connectivity index (χ2n) is 4.53. The predicted octanol–water partition coefficient (Wildman–Crippen LogP) is 4.91. The van der Waals surface area contributed by atoms with Gasteiger partial charge < -0.3 is 4.84 Å². The third kappa shape index (κ3) is 4.87. The van der Waals surface area contributed by atoms with Crippen LogP contribution in [0.1, 0.15) is 16.7 Å². The molecule has 2 rings (SSSR count). The van der Waals surface area contributed by atoms with Crippen LogP contribution in [0, 0.1) is 0 Å². The summed E-state index contributed by atoms with van der Waals surface area (Å²) in [6, 6.07) is 16.4. The largest absolute Gasteiger partial charge is 0.425 e. The van der Waals surface area contributed by atoms with Gasteiger partial charge in [0.25, 0.3) is 0 Å². The van der Waals surface area contributed by atoms with Gasteiger partial charge in [-0.1, -0.05) is 69.6 Å². The minimum absolute atomic E-state index is 0.368. The Morgan fingerprint density at radius 3 is 2.32 bits per heavy atom. The molecule has 0 radical (unpaired) electrons. The quantitative estimate of drug-likeness (QED) is 0.415. The lowest BCUT2D eigenvalue weighted by molar-refractivity contribution is -0.173. The number of hydrogen-bond donors (Lipinski definition) is 0. The molecule has 0 atom stereocenters. The molecule has 6 heteroatoms. The van der Waals surface area contributed by atoms with E-state index < -0.39 is 12.8 Å². The summed E-state index contributed by atoms with van der Waals surface area (Å²) in [6.07, 6.45) is -4.41. The highest BCUT2D eigenvalue weighted by Crippen LogP contribution is 2.17. The first-order chi connectivity index (χ1) is 10.5. The fraction of sp³-hybridized carbons (Fsp3) is 0.188. The summed E-state index contributed by atoms with van der Waals surface area (Å²) in [5.41, 5.74) is 2.76. The molecule has 116 valence electrons. The lowest BCUT2D eigenvalue weighted by Crippen LogP contribution is -2.16. The Bertz CT molecular complexity index is 641. The van der Waals surface area contributed by atoms with Crippen molar-refractivity contribution in [3.05, 3.63) is 71.3 Å². The van der Waals surface area contributed by atoms with Crippen molar-refractivity contribution in [2.75, 3.05) is 6.61 Å². The minimum atomic E-state index is -4.41. The summed E-state index contributed by atoms with van der Waals surface area (Å²) in [4.78, 5) is 4.49. The highest BCUT2D eigenvalue weighted by Gasteiger charge is 2.28. The van der Waals surface area contributed by atoms with E-state index in [2.05, 4.69) is 25.9 Å². The van der Waals surface area contributed by atoms with Crippen molar-refractivity contribution in [3.63, 3.8) is 0 Å². The summed E-state index contributed by atoms with van der Waals surface area (Å²) in [7, 11) is 0. The average molecular weight is 372 g/mol. The molecule has 0 aliphatic rings. The summed E-state index contributed by atoms with van der Waals surface area (Å²) in [6.45, 7) is -1.42. The van der Waals surface area contributed by atoms with E-state index in [0.717, 1.165) is 5.56 Å². The zero-order valence-corrected chi connectivity index (χ0v) is 13.1. The minimum Gasteiger partial charge on any atom is -0.386 e. The van der Waals surface area contributed by atoms with Gasteiger partial charge >= 0.3 is 6.18 Å². The Labute approximate surface area is 134 Å². The molecule has 0 saturated carbocycles. The van der Waals surface area contributed by atoms with Gasteiger partial charge in [0, 0.05) is 16.5 Å². The summed E-state index contributed by atoms with van der Waals surface area (Å²) in [5, 5.41) is 4.35. The normalized spacial score (nSPS) is 12.3. The molecule has 0 N–H and O–H groups in total. The lowest BCUT2D eigenvalue weighted by atomic mass is 10.0. The maximum Gasteiger partial charge on any atom is 0.425 e. The molecule has 0 bridgehead atoms. The van der Waals surface area contributed by atoms with Crippen LogP contribution in [0.5, 0.6) is 0 Å². The predicted molar refractivity (Wildman–Crippen MR) is 83.2 cm³/mol. The third-order valence-electron chi connectivity index (χ3n) is 2.79. The van der Waals surface area contributed by atoms with E-state index in [1.165, 1.54) is 0 Å². The first-order valence-electron chi connectivity index (χ1n) is 6.47. The van der Waals surface area contributed by atoms with Gasteiger partial charge in [0.2, 0.25) is 6.61 Å². The highest BCUT2D eigenvalue weighted by atomic mass is 79.9. The number of oxime groups is 1. The number of nitrogens with zero attached hydrogens (tertiary/aromatic N) is 1. The fourth-order valence-electron chi connectivity index (χ4n) is 1.84. The first-order valence-corrected chi connectivity index (χ1v) is 7.59. The molecule has 0 aromatic heterocycles. The molecule has 0 saturated heterocycles. The fourth-order valence-corrected chi connectivity index (χ4v) is 2.19. The van der Waals surface area contributed by atoms with Crippen LogP contribution in [0.2, 0.25) is 0 Å². The van der Waals surface area contributed by atoms with Gasteiger partial charge in [-0.2, -0.15) is 13.2 Å². The van der Waals surface area contributed by atoms with Crippen LogP contribution >= 0.6 is 15.9 Å². The molecule has 0 amide bonds. The summed E-state index contributed by atoms with van der Waals surface area (Å²) in [5.74, 6) is 0. The van der Waals surface area contributed by atoms with E-state index in [9.17, 15) is 13.2 Å². The zero-order chi connectivity index (χ0) is 16.0. The van der Waals surface area contributed by atoms with E-state index >= 15 is 0 Å².